The number of hydrogen-bond donors (Lipinski definition) is 0. The lowest BCUT2D eigenvalue weighted by Gasteiger charge is -2.27. The van der Waals surface area contributed by atoms with Crippen molar-refractivity contribution in [2.45, 2.75) is 6.16 Å². The van der Waals surface area contributed by atoms with E-state index in [1.54, 1.807) is 0 Å². The highest BCUT2D eigenvalue weighted by molar-refractivity contribution is 7.95. The van der Waals surface area contributed by atoms with Gasteiger partial charge in [-0.15, -0.1) is 0 Å². The van der Waals surface area contributed by atoms with Crippen LogP contribution in [0.15, 0.2) is 124 Å². The van der Waals surface area contributed by atoms with Gasteiger partial charge in [-0.05, 0) is 54.1 Å². The molecule has 4 aromatic carbocycles. The zero-order chi connectivity index (χ0) is 22.7. The van der Waals surface area contributed by atoms with E-state index in [4.69, 9.17) is 4.42 Å². The quantitative estimate of drug-likeness (QED) is 0.351. The molecule has 33 heavy (non-hydrogen) atoms. The van der Waals surface area contributed by atoms with Gasteiger partial charge in [-0.25, -0.2) is 0 Å². The van der Waals surface area contributed by atoms with Crippen molar-refractivity contribution in [2.75, 3.05) is 0 Å². The van der Waals surface area contributed by atoms with Gasteiger partial charge in [0.15, 0.2) is 5.43 Å². The fraction of sp³-hybridized carbons (Fsp3) is 0.0345. The van der Waals surface area contributed by atoms with Crippen LogP contribution >= 0.6 is 7.26 Å². The van der Waals surface area contributed by atoms with Crippen molar-refractivity contribution in [3.8, 4) is 6.07 Å². The van der Waals surface area contributed by atoms with Crippen LogP contribution in [0.3, 0.4) is 0 Å². The SMILES string of the molecule is N#Cc1cc(=O)c2ccc(C[P+](c3ccccc3)(c3ccccc3)c3ccccc3)cc2o1. The van der Waals surface area contributed by atoms with Crippen LogP contribution in [0.2, 0.25) is 0 Å². The van der Waals surface area contributed by atoms with Gasteiger partial charge in [0.2, 0.25) is 5.76 Å². The van der Waals surface area contributed by atoms with Gasteiger partial charge in [0.1, 0.15) is 34.8 Å². The molecular formula is C29H21NO2P+. The number of nitriles is 1. The van der Waals surface area contributed by atoms with Crippen LogP contribution < -0.4 is 21.3 Å². The molecule has 0 fully saturated rings. The van der Waals surface area contributed by atoms with Crippen LogP contribution in [0.1, 0.15) is 11.3 Å². The highest BCUT2D eigenvalue weighted by Gasteiger charge is 2.45. The van der Waals surface area contributed by atoms with E-state index in [2.05, 4.69) is 72.8 Å². The lowest BCUT2D eigenvalue weighted by atomic mass is 10.1. The number of fused-ring (bicyclic) bond motifs is 1. The van der Waals surface area contributed by atoms with Crippen molar-refractivity contribution in [1.82, 2.24) is 0 Å². The molecule has 4 heteroatoms. The molecular weight excluding hydrogens is 425 g/mol. The summed E-state index contributed by atoms with van der Waals surface area (Å²) in [4.78, 5) is 12.4. The van der Waals surface area contributed by atoms with Gasteiger partial charge in [0.25, 0.3) is 0 Å². The molecule has 0 radical (unpaired) electrons. The Balaban J connectivity index is 1.77. The summed E-state index contributed by atoms with van der Waals surface area (Å²) in [6.07, 6.45) is 0.765. The Morgan fingerprint density at radius 3 is 1.70 bits per heavy atom. The van der Waals surface area contributed by atoms with E-state index in [-0.39, 0.29) is 11.2 Å². The van der Waals surface area contributed by atoms with E-state index in [0.29, 0.717) is 11.0 Å². The highest BCUT2D eigenvalue weighted by atomic mass is 31.2. The van der Waals surface area contributed by atoms with Crippen LogP contribution in [0.25, 0.3) is 11.0 Å². The van der Waals surface area contributed by atoms with Crippen LogP contribution in [-0.4, -0.2) is 0 Å². The lowest BCUT2D eigenvalue weighted by Crippen LogP contribution is -2.32. The molecule has 0 aliphatic carbocycles. The molecule has 3 nitrogen and oxygen atoms in total. The summed E-state index contributed by atoms with van der Waals surface area (Å²) in [7, 11) is -2.07. The molecule has 0 unspecified atom stereocenters. The minimum absolute atomic E-state index is 0.0277. The Kier molecular flexibility index (Phi) is 5.61. The van der Waals surface area contributed by atoms with Crippen molar-refractivity contribution >= 4 is 34.1 Å². The second kappa shape index (κ2) is 8.87. The predicted octanol–water partition coefficient (Wildman–Crippen LogP) is 5.16. The third-order valence-electron chi connectivity index (χ3n) is 5.91. The number of hydrogen-bond acceptors (Lipinski definition) is 3. The number of benzene rings is 4. The minimum Gasteiger partial charge on any atom is -0.445 e. The Labute approximate surface area is 192 Å². The molecule has 0 amide bonds. The Morgan fingerprint density at radius 1 is 0.697 bits per heavy atom. The minimum atomic E-state index is -2.07. The molecule has 1 aromatic heterocycles. The van der Waals surface area contributed by atoms with E-state index in [0.717, 1.165) is 11.7 Å². The maximum Gasteiger partial charge on any atom is 0.207 e. The summed E-state index contributed by atoms with van der Waals surface area (Å²) in [5, 5.41) is 13.6. The average molecular weight is 446 g/mol. The molecule has 0 saturated carbocycles. The second-order valence-electron chi connectivity index (χ2n) is 7.89. The van der Waals surface area contributed by atoms with Crippen molar-refractivity contribution in [2.24, 2.45) is 0 Å². The molecule has 1 heterocycles. The summed E-state index contributed by atoms with van der Waals surface area (Å²) in [5.41, 5.74) is 1.31. The van der Waals surface area contributed by atoms with E-state index in [1.165, 1.54) is 22.0 Å². The fourth-order valence-electron chi connectivity index (χ4n) is 4.40. The Hall–Kier alpha value is -3.99. The highest BCUT2D eigenvalue weighted by Crippen LogP contribution is 2.58. The van der Waals surface area contributed by atoms with Gasteiger partial charge < -0.3 is 4.42 Å². The molecule has 0 aliphatic heterocycles. The fourth-order valence-corrected chi connectivity index (χ4v) is 8.63. The maximum atomic E-state index is 12.4. The average Bonchev–Trinajstić information content (AvgIpc) is 2.88. The summed E-state index contributed by atoms with van der Waals surface area (Å²) in [6, 6.07) is 40.9. The van der Waals surface area contributed by atoms with Gasteiger partial charge in [0.05, 0.1) is 11.5 Å². The van der Waals surface area contributed by atoms with Crippen LogP contribution in [0.5, 0.6) is 0 Å². The molecule has 0 bridgehead atoms. The third-order valence-corrected chi connectivity index (χ3v) is 10.3. The Bertz CT molecular complexity index is 1410. The first kappa shape index (κ1) is 20.9. The molecule has 0 atom stereocenters. The van der Waals surface area contributed by atoms with Crippen LogP contribution in [0.4, 0.5) is 0 Å². The van der Waals surface area contributed by atoms with Crippen molar-refractivity contribution < 1.29 is 4.42 Å². The molecule has 0 saturated heterocycles. The standard InChI is InChI=1S/C29H21NO2P/c30-20-23-19-28(31)27-17-16-22(18-29(27)32-23)21-33(24-10-4-1-5-11-24,25-12-6-2-7-13-25)26-14-8-3-9-15-26/h1-19H,21H2/q+1. The number of nitrogens with zero attached hydrogens (tertiary/aromatic N) is 1. The third kappa shape index (κ3) is 3.87. The molecule has 5 aromatic rings. The van der Waals surface area contributed by atoms with Crippen LogP contribution in [-0.2, 0) is 6.16 Å². The summed E-state index contributed by atoms with van der Waals surface area (Å²) >= 11 is 0. The maximum absolute atomic E-state index is 12.4. The van der Waals surface area contributed by atoms with Gasteiger partial charge in [-0.2, -0.15) is 5.26 Å². The molecule has 158 valence electrons. The number of rotatable bonds is 5. The van der Waals surface area contributed by atoms with E-state index >= 15 is 0 Å². The van der Waals surface area contributed by atoms with Gasteiger partial charge in [-0.1, -0.05) is 60.7 Å². The van der Waals surface area contributed by atoms with Gasteiger partial charge in [-0.3, -0.25) is 4.79 Å². The van der Waals surface area contributed by atoms with Gasteiger partial charge in [0, 0.05) is 6.07 Å². The second-order valence-corrected chi connectivity index (χ2v) is 11.4. The zero-order valence-electron chi connectivity index (χ0n) is 17.9. The smallest absolute Gasteiger partial charge is 0.207 e. The first-order chi connectivity index (χ1) is 16.2. The van der Waals surface area contributed by atoms with Crippen molar-refractivity contribution in [3.63, 3.8) is 0 Å². The zero-order valence-corrected chi connectivity index (χ0v) is 18.8. The monoisotopic (exact) mass is 446 g/mol. The largest absolute Gasteiger partial charge is 0.445 e. The van der Waals surface area contributed by atoms with E-state index in [1.807, 2.05) is 42.5 Å². The summed E-state index contributed by atoms with van der Waals surface area (Å²) in [6.45, 7) is 0. The first-order valence-corrected chi connectivity index (χ1v) is 12.7. The summed E-state index contributed by atoms with van der Waals surface area (Å²) < 4.78 is 5.72. The van der Waals surface area contributed by atoms with Crippen LogP contribution in [0, 0.1) is 11.3 Å². The lowest BCUT2D eigenvalue weighted by molar-refractivity contribution is 0.585. The molecule has 0 spiro atoms. The summed E-state index contributed by atoms with van der Waals surface area (Å²) in [5.74, 6) is 0.0277. The molecule has 0 N–H and O–H groups in total. The van der Waals surface area contributed by atoms with Crippen molar-refractivity contribution in [3.05, 3.63) is 137 Å². The predicted molar refractivity (Wildman–Crippen MR) is 136 cm³/mol. The topological polar surface area (TPSA) is 54.0 Å². The normalized spacial score (nSPS) is 11.2. The molecule has 5 rings (SSSR count). The van der Waals surface area contributed by atoms with E-state index in [9.17, 15) is 10.1 Å². The van der Waals surface area contributed by atoms with Crippen molar-refractivity contribution in [1.29, 1.82) is 5.26 Å². The van der Waals surface area contributed by atoms with Gasteiger partial charge >= 0.3 is 0 Å². The molecule has 0 aliphatic rings. The Morgan fingerprint density at radius 2 is 1.21 bits per heavy atom. The first-order valence-electron chi connectivity index (χ1n) is 10.7. The van der Waals surface area contributed by atoms with E-state index < -0.39 is 7.26 Å².